The predicted octanol–water partition coefficient (Wildman–Crippen LogP) is 5.06. The van der Waals surface area contributed by atoms with Crippen LogP contribution < -0.4 is 0 Å². The minimum absolute atomic E-state index is 0.459. The van der Waals surface area contributed by atoms with Crippen LogP contribution in [-0.2, 0) is 6.42 Å². The molecule has 0 aliphatic rings. The summed E-state index contributed by atoms with van der Waals surface area (Å²) in [6.07, 6.45) is 0.698. The van der Waals surface area contributed by atoms with Gasteiger partial charge in [0.2, 0.25) is 0 Å². The van der Waals surface area contributed by atoms with Gasteiger partial charge < -0.3 is 4.98 Å². The van der Waals surface area contributed by atoms with E-state index in [4.69, 9.17) is 5.26 Å². The van der Waals surface area contributed by atoms with Gasteiger partial charge in [0.25, 0.3) is 0 Å². The Labute approximate surface area is 144 Å². The molecule has 0 aliphatic heterocycles. The molecule has 1 N–H and O–H groups in total. The normalized spacial score (nSPS) is 10.8. The monoisotopic (exact) mass is 329 g/mol. The van der Waals surface area contributed by atoms with Gasteiger partial charge in [-0.3, -0.25) is 0 Å². The van der Waals surface area contributed by atoms with Gasteiger partial charge in [-0.25, -0.2) is 4.98 Å². The standard InChI is InChI=1S/C20H15N3S/c1-13-5-6-17-18(10-15-3-2-4-16(11-21)22-15)20(23-19(17)9-13)14-7-8-24-12-14/h2-9,12,23H,10H2,1H3. The van der Waals surface area contributed by atoms with Gasteiger partial charge in [0.1, 0.15) is 11.8 Å². The topological polar surface area (TPSA) is 52.5 Å². The van der Waals surface area contributed by atoms with E-state index in [1.807, 2.05) is 12.1 Å². The molecule has 0 aliphatic carbocycles. The van der Waals surface area contributed by atoms with Crippen LogP contribution in [0.3, 0.4) is 0 Å². The van der Waals surface area contributed by atoms with Gasteiger partial charge in [-0.1, -0.05) is 18.2 Å². The molecular weight excluding hydrogens is 314 g/mol. The van der Waals surface area contributed by atoms with Crippen molar-refractivity contribution in [3.05, 3.63) is 75.7 Å². The van der Waals surface area contributed by atoms with E-state index in [2.05, 4.69) is 58.0 Å². The highest BCUT2D eigenvalue weighted by Gasteiger charge is 2.15. The fourth-order valence-corrected chi connectivity index (χ4v) is 3.67. The van der Waals surface area contributed by atoms with Crippen LogP contribution in [0.25, 0.3) is 22.2 Å². The maximum atomic E-state index is 9.08. The molecule has 0 fully saturated rings. The van der Waals surface area contributed by atoms with Crippen LogP contribution in [0.4, 0.5) is 0 Å². The van der Waals surface area contributed by atoms with Crippen LogP contribution in [0.2, 0.25) is 0 Å². The van der Waals surface area contributed by atoms with Crippen LogP contribution in [0.5, 0.6) is 0 Å². The molecule has 3 heterocycles. The molecule has 4 rings (SSSR count). The third-order valence-electron chi connectivity index (χ3n) is 4.15. The lowest BCUT2D eigenvalue weighted by atomic mass is 10.0. The molecule has 0 saturated heterocycles. The largest absolute Gasteiger partial charge is 0.354 e. The quantitative estimate of drug-likeness (QED) is 0.571. The average Bonchev–Trinajstić information content (AvgIpc) is 3.23. The summed E-state index contributed by atoms with van der Waals surface area (Å²) >= 11 is 1.69. The molecule has 3 aromatic heterocycles. The van der Waals surface area contributed by atoms with E-state index in [0.717, 1.165) is 16.9 Å². The van der Waals surface area contributed by atoms with Gasteiger partial charge in [-0.15, -0.1) is 0 Å². The first-order chi connectivity index (χ1) is 11.7. The zero-order valence-corrected chi connectivity index (χ0v) is 14.0. The number of nitrogens with one attached hydrogen (secondary N) is 1. The molecule has 4 heteroatoms. The van der Waals surface area contributed by atoms with Gasteiger partial charge in [-0.05, 0) is 47.7 Å². The van der Waals surface area contributed by atoms with Gasteiger partial charge in [0.15, 0.2) is 0 Å². The van der Waals surface area contributed by atoms with Gasteiger partial charge in [0.05, 0.1) is 5.69 Å². The number of hydrogen-bond donors (Lipinski definition) is 1. The number of H-pyrrole nitrogens is 1. The molecule has 0 unspecified atom stereocenters. The Balaban J connectivity index is 1.89. The molecule has 0 saturated carbocycles. The Hall–Kier alpha value is -2.90. The number of benzene rings is 1. The fourth-order valence-electron chi connectivity index (χ4n) is 3.03. The van der Waals surface area contributed by atoms with E-state index in [1.165, 1.54) is 22.1 Å². The predicted molar refractivity (Wildman–Crippen MR) is 98.1 cm³/mol. The summed E-state index contributed by atoms with van der Waals surface area (Å²) in [5.41, 5.74) is 7.30. The summed E-state index contributed by atoms with van der Waals surface area (Å²) in [4.78, 5) is 8.01. The summed E-state index contributed by atoms with van der Waals surface area (Å²) in [7, 11) is 0. The molecule has 0 spiro atoms. The Bertz CT molecular complexity index is 1050. The number of fused-ring (bicyclic) bond motifs is 1. The van der Waals surface area contributed by atoms with Crippen LogP contribution in [-0.4, -0.2) is 9.97 Å². The molecule has 0 amide bonds. The van der Waals surface area contributed by atoms with Crippen LogP contribution >= 0.6 is 11.3 Å². The number of nitrogens with zero attached hydrogens (tertiary/aromatic N) is 2. The first-order valence-electron chi connectivity index (χ1n) is 7.74. The van der Waals surface area contributed by atoms with Gasteiger partial charge >= 0.3 is 0 Å². The van der Waals surface area contributed by atoms with Crippen LogP contribution in [0.1, 0.15) is 22.5 Å². The minimum atomic E-state index is 0.459. The lowest BCUT2D eigenvalue weighted by Gasteiger charge is -2.04. The summed E-state index contributed by atoms with van der Waals surface area (Å²) in [6, 6.07) is 16.3. The summed E-state index contributed by atoms with van der Waals surface area (Å²) in [5, 5.41) is 14.5. The number of aryl methyl sites for hydroxylation is 1. The van der Waals surface area contributed by atoms with Crippen molar-refractivity contribution in [1.82, 2.24) is 9.97 Å². The molecule has 4 aromatic rings. The SMILES string of the molecule is Cc1ccc2c(Cc3cccc(C#N)n3)c(-c3ccsc3)[nH]c2c1. The molecule has 1 aromatic carbocycles. The van der Waals surface area contributed by atoms with E-state index in [-0.39, 0.29) is 0 Å². The molecular formula is C20H15N3S. The maximum Gasteiger partial charge on any atom is 0.140 e. The Morgan fingerprint density at radius 1 is 1.21 bits per heavy atom. The number of hydrogen-bond acceptors (Lipinski definition) is 3. The lowest BCUT2D eigenvalue weighted by molar-refractivity contribution is 1.07. The second kappa shape index (κ2) is 5.95. The molecule has 3 nitrogen and oxygen atoms in total. The first kappa shape index (κ1) is 14.7. The smallest absolute Gasteiger partial charge is 0.140 e. The highest BCUT2D eigenvalue weighted by Crippen LogP contribution is 2.33. The summed E-state index contributed by atoms with van der Waals surface area (Å²) < 4.78 is 0. The fraction of sp³-hybridized carbons (Fsp3) is 0.100. The number of rotatable bonds is 3. The van der Waals surface area contributed by atoms with Crippen molar-refractivity contribution in [1.29, 1.82) is 5.26 Å². The zero-order chi connectivity index (χ0) is 16.5. The van der Waals surface area contributed by atoms with Crippen LogP contribution in [0, 0.1) is 18.3 Å². The van der Waals surface area contributed by atoms with E-state index in [0.29, 0.717) is 12.1 Å². The van der Waals surface area contributed by atoms with Crippen LogP contribution in [0.15, 0.2) is 53.2 Å². The second-order valence-electron chi connectivity index (χ2n) is 5.84. The molecule has 24 heavy (non-hydrogen) atoms. The van der Waals surface area contributed by atoms with Gasteiger partial charge in [0, 0.05) is 34.0 Å². The first-order valence-corrected chi connectivity index (χ1v) is 8.68. The van der Waals surface area contributed by atoms with E-state index >= 15 is 0 Å². The highest BCUT2D eigenvalue weighted by atomic mass is 32.1. The number of pyridine rings is 1. The highest BCUT2D eigenvalue weighted by molar-refractivity contribution is 7.08. The number of aromatic amines is 1. The number of aromatic nitrogens is 2. The molecule has 0 atom stereocenters. The minimum Gasteiger partial charge on any atom is -0.354 e. The molecule has 116 valence electrons. The molecule has 0 bridgehead atoms. The van der Waals surface area contributed by atoms with Crippen molar-refractivity contribution in [3.8, 4) is 17.3 Å². The zero-order valence-electron chi connectivity index (χ0n) is 13.2. The second-order valence-corrected chi connectivity index (χ2v) is 6.62. The van der Waals surface area contributed by atoms with Crippen molar-refractivity contribution in [2.24, 2.45) is 0 Å². The average molecular weight is 329 g/mol. The number of thiophene rings is 1. The van der Waals surface area contributed by atoms with Crippen molar-refractivity contribution < 1.29 is 0 Å². The third kappa shape index (κ3) is 2.60. The lowest BCUT2D eigenvalue weighted by Crippen LogP contribution is -1.95. The Morgan fingerprint density at radius 3 is 2.92 bits per heavy atom. The van der Waals surface area contributed by atoms with Crippen molar-refractivity contribution in [2.75, 3.05) is 0 Å². The number of nitriles is 1. The van der Waals surface area contributed by atoms with Crippen molar-refractivity contribution in [2.45, 2.75) is 13.3 Å². The Kier molecular flexibility index (Phi) is 3.64. The third-order valence-corrected chi connectivity index (χ3v) is 4.83. The van der Waals surface area contributed by atoms with E-state index < -0.39 is 0 Å². The van der Waals surface area contributed by atoms with Crippen molar-refractivity contribution in [3.63, 3.8) is 0 Å². The summed E-state index contributed by atoms with van der Waals surface area (Å²) in [6.45, 7) is 2.10. The van der Waals surface area contributed by atoms with Crippen molar-refractivity contribution >= 4 is 22.2 Å². The van der Waals surface area contributed by atoms with Gasteiger partial charge in [-0.2, -0.15) is 16.6 Å². The Morgan fingerprint density at radius 2 is 2.12 bits per heavy atom. The maximum absolute atomic E-state index is 9.08. The van der Waals surface area contributed by atoms with E-state index in [1.54, 1.807) is 17.4 Å². The molecule has 0 radical (unpaired) electrons. The van der Waals surface area contributed by atoms with E-state index in [9.17, 15) is 0 Å². The summed E-state index contributed by atoms with van der Waals surface area (Å²) in [5.74, 6) is 0.